The molecule has 0 heterocycles. The molecule has 0 unspecified atom stereocenters. The summed E-state index contributed by atoms with van der Waals surface area (Å²) in [6.45, 7) is 4.67. The summed E-state index contributed by atoms with van der Waals surface area (Å²) in [6.07, 6.45) is 3.22. The average Bonchev–Trinajstić information content (AvgIpc) is 3.27. The molecule has 1 aliphatic carbocycles. The Balaban J connectivity index is 2.29. The minimum absolute atomic E-state index is 0.111. The lowest BCUT2D eigenvalue weighted by Gasteiger charge is -2.23. The Morgan fingerprint density at radius 3 is 2.80 bits per heavy atom. The van der Waals surface area contributed by atoms with Gasteiger partial charge >= 0.3 is 0 Å². The first kappa shape index (κ1) is 14.6. The smallest absolute Gasteiger partial charge is 0.254 e. The van der Waals surface area contributed by atoms with Crippen molar-refractivity contribution in [1.82, 2.24) is 4.90 Å². The Labute approximate surface area is 120 Å². The zero-order valence-electron chi connectivity index (χ0n) is 12.1. The Hall–Kier alpha value is -1.79. The maximum atomic E-state index is 12.7. The molecule has 1 aromatic rings. The molecule has 3 nitrogen and oxygen atoms in total. The molecule has 0 spiro atoms. The van der Waals surface area contributed by atoms with Crippen LogP contribution in [0.25, 0.3) is 0 Å². The van der Waals surface area contributed by atoms with Gasteiger partial charge in [-0.25, -0.2) is 0 Å². The summed E-state index contributed by atoms with van der Waals surface area (Å²) < 4.78 is 0. The van der Waals surface area contributed by atoms with E-state index in [-0.39, 0.29) is 12.5 Å². The summed E-state index contributed by atoms with van der Waals surface area (Å²) in [4.78, 5) is 14.7. The number of hydrogen-bond donors (Lipinski definition) is 1. The summed E-state index contributed by atoms with van der Waals surface area (Å²) in [5.41, 5.74) is 2.45. The number of hydrogen-bond acceptors (Lipinski definition) is 2. The Morgan fingerprint density at radius 2 is 2.20 bits per heavy atom. The van der Waals surface area contributed by atoms with E-state index < -0.39 is 0 Å². The second-order valence-electron chi connectivity index (χ2n) is 5.17. The van der Waals surface area contributed by atoms with Crippen molar-refractivity contribution < 1.29 is 9.90 Å². The van der Waals surface area contributed by atoms with E-state index in [1.165, 1.54) is 0 Å². The molecule has 20 heavy (non-hydrogen) atoms. The second kappa shape index (κ2) is 6.58. The highest BCUT2D eigenvalue weighted by Gasteiger charge is 2.32. The van der Waals surface area contributed by atoms with Crippen molar-refractivity contribution in [3.05, 3.63) is 34.9 Å². The van der Waals surface area contributed by atoms with Crippen LogP contribution in [-0.4, -0.2) is 35.1 Å². The monoisotopic (exact) mass is 271 g/mol. The summed E-state index contributed by atoms with van der Waals surface area (Å²) in [5, 5.41) is 8.79. The van der Waals surface area contributed by atoms with Crippen LogP contribution in [0.5, 0.6) is 0 Å². The van der Waals surface area contributed by atoms with Crippen molar-refractivity contribution in [2.75, 3.05) is 13.2 Å². The van der Waals surface area contributed by atoms with Gasteiger partial charge in [0.2, 0.25) is 0 Å². The van der Waals surface area contributed by atoms with E-state index in [1.54, 1.807) is 0 Å². The molecule has 1 N–H and O–H groups in total. The molecule has 0 saturated heterocycles. The Bertz CT molecular complexity index is 550. The Morgan fingerprint density at radius 1 is 1.45 bits per heavy atom. The van der Waals surface area contributed by atoms with Gasteiger partial charge in [-0.2, -0.15) is 0 Å². The van der Waals surface area contributed by atoms with Crippen LogP contribution in [0.15, 0.2) is 18.2 Å². The first-order valence-corrected chi connectivity index (χ1v) is 7.19. The predicted molar refractivity (Wildman–Crippen MR) is 79.5 cm³/mol. The fraction of sp³-hybridized carbons (Fsp3) is 0.471. The number of nitrogens with zero attached hydrogens (tertiary/aromatic N) is 1. The van der Waals surface area contributed by atoms with Gasteiger partial charge in [0.15, 0.2) is 0 Å². The third kappa shape index (κ3) is 3.20. The molecule has 0 aromatic heterocycles. The summed E-state index contributed by atoms with van der Waals surface area (Å²) in [7, 11) is 0. The van der Waals surface area contributed by atoms with E-state index in [0.29, 0.717) is 6.04 Å². The van der Waals surface area contributed by atoms with Crippen molar-refractivity contribution in [1.29, 1.82) is 0 Å². The van der Waals surface area contributed by atoms with E-state index in [2.05, 4.69) is 18.8 Å². The van der Waals surface area contributed by atoms with Crippen LogP contribution >= 0.6 is 0 Å². The van der Waals surface area contributed by atoms with Crippen LogP contribution in [0.2, 0.25) is 0 Å². The SMILES string of the molecule is CCCN(C(=O)c1cccc(C#CCO)c1C)C1CC1. The molecule has 0 bridgehead atoms. The molecule has 1 aromatic carbocycles. The molecule has 1 amide bonds. The van der Waals surface area contributed by atoms with Crippen molar-refractivity contribution >= 4 is 5.91 Å². The van der Waals surface area contributed by atoms with Gasteiger partial charge in [0.25, 0.3) is 5.91 Å². The molecule has 2 rings (SSSR count). The van der Waals surface area contributed by atoms with E-state index in [9.17, 15) is 4.79 Å². The number of benzene rings is 1. The molecular weight excluding hydrogens is 250 g/mol. The van der Waals surface area contributed by atoms with Crippen LogP contribution < -0.4 is 0 Å². The van der Waals surface area contributed by atoms with Crippen LogP contribution in [0.4, 0.5) is 0 Å². The standard InChI is InChI=1S/C17H21NO2/c1-3-11-18(15-9-10-15)17(20)16-8-4-6-14(13(16)2)7-5-12-19/h4,6,8,15,19H,3,9-12H2,1-2H3. The highest BCUT2D eigenvalue weighted by molar-refractivity contribution is 5.96. The third-order valence-corrected chi connectivity index (χ3v) is 3.58. The predicted octanol–water partition coefficient (Wildman–Crippen LogP) is 2.35. The molecule has 0 radical (unpaired) electrons. The molecule has 0 aliphatic heterocycles. The van der Waals surface area contributed by atoms with E-state index in [4.69, 9.17) is 5.11 Å². The summed E-state index contributed by atoms with van der Waals surface area (Å²) >= 11 is 0. The molecule has 1 aliphatic rings. The van der Waals surface area contributed by atoms with E-state index >= 15 is 0 Å². The number of aliphatic hydroxyl groups is 1. The fourth-order valence-electron chi connectivity index (χ4n) is 2.37. The van der Waals surface area contributed by atoms with Gasteiger partial charge in [0.1, 0.15) is 6.61 Å². The highest BCUT2D eigenvalue weighted by atomic mass is 16.2. The first-order valence-electron chi connectivity index (χ1n) is 7.19. The third-order valence-electron chi connectivity index (χ3n) is 3.58. The number of carbonyl (C=O) groups is 1. The van der Waals surface area contributed by atoms with Gasteiger partial charge < -0.3 is 10.0 Å². The lowest BCUT2D eigenvalue weighted by atomic mass is 10.0. The number of rotatable bonds is 4. The van der Waals surface area contributed by atoms with Gasteiger partial charge in [-0.05, 0) is 43.9 Å². The first-order chi connectivity index (χ1) is 9.69. The van der Waals surface area contributed by atoms with Crippen molar-refractivity contribution in [3.63, 3.8) is 0 Å². The molecule has 0 atom stereocenters. The highest BCUT2D eigenvalue weighted by Crippen LogP contribution is 2.29. The van der Waals surface area contributed by atoms with Crippen LogP contribution in [0, 0.1) is 18.8 Å². The summed E-state index contributed by atoms with van der Waals surface area (Å²) in [5.74, 6) is 5.66. The number of amides is 1. The van der Waals surface area contributed by atoms with Gasteiger partial charge in [-0.15, -0.1) is 0 Å². The quantitative estimate of drug-likeness (QED) is 0.854. The van der Waals surface area contributed by atoms with Crippen LogP contribution in [0.3, 0.4) is 0 Å². The van der Waals surface area contributed by atoms with Gasteiger partial charge in [0.05, 0.1) is 0 Å². The minimum Gasteiger partial charge on any atom is -0.384 e. The van der Waals surface area contributed by atoms with Gasteiger partial charge in [-0.1, -0.05) is 24.8 Å². The molecular formula is C17H21NO2. The zero-order chi connectivity index (χ0) is 14.5. The lowest BCUT2D eigenvalue weighted by Crippen LogP contribution is -2.34. The normalized spacial score (nSPS) is 13.6. The van der Waals surface area contributed by atoms with E-state index in [1.807, 2.05) is 30.0 Å². The maximum Gasteiger partial charge on any atom is 0.254 e. The van der Waals surface area contributed by atoms with Crippen LogP contribution in [0.1, 0.15) is 47.7 Å². The minimum atomic E-state index is -0.165. The van der Waals surface area contributed by atoms with Gasteiger partial charge in [0, 0.05) is 23.7 Å². The lowest BCUT2D eigenvalue weighted by molar-refractivity contribution is 0.0742. The van der Waals surface area contributed by atoms with Gasteiger partial charge in [-0.3, -0.25) is 4.79 Å². The number of carbonyl (C=O) groups excluding carboxylic acids is 1. The molecule has 106 valence electrons. The fourth-order valence-corrected chi connectivity index (χ4v) is 2.37. The largest absolute Gasteiger partial charge is 0.384 e. The summed E-state index contributed by atoms with van der Waals surface area (Å²) in [6, 6.07) is 6.04. The van der Waals surface area contributed by atoms with Crippen LogP contribution in [-0.2, 0) is 0 Å². The molecule has 1 fully saturated rings. The van der Waals surface area contributed by atoms with Crippen molar-refractivity contribution in [3.8, 4) is 11.8 Å². The maximum absolute atomic E-state index is 12.7. The number of aliphatic hydroxyl groups excluding tert-OH is 1. The Kier molecular flexibility index (Phi) is 4.81. The van der Waals surface area contributed by atoms with E-state index in [0.717, 1.165) is 42.5 Å². The molecule has 1 saturated carbocycles. The zero-order valence-corrected chi connectivity index (χ0v) is 12.1. The van der Waals surface area contributed by atoms with Crippen molar-refractivity contribution in [2.45, 2.75) is 39.2 Å². The second-order valence-corrected chi connectivity index (χ2v) is 5.17. The topological polar surface area (TPSA) is 40.5 Å². The van der Waals surface area contributed by atoms with Crippen molar-refractivity contribution in [2.24, 2.45) is 0 Å². The molecule has 3 heteroatoms. The average molecular weight is 271 g/mol.